The van der Waals surface area contributed by atoms with Crippen molar-refractivity contribution >= 4 is 29.1 Å². The molecule has 0 spiro atoms. The monoisotopic (exact) mass is 425 g/mol. The second kappa shape index (κ2) is 14.5. The number of hydrogen-bond acceptors (Lipinski definition) is 5. The van der Waals surface area contributed by atoms with Gasteiger partial charge in [0.1, 0.15) is 17.3 Å². The summed E-state index contributed by atoms with van der Waals surface area (Å²) in [5, 5.41) is 10.00. The van der Waals surface area contributed by atoms with E-state index in [0.717, 1.165) is 72.1 Å². The fourth-order valence-corrected chi connectivity index (χ4v) is 3.51. The SMILES string of the molecule is CCc1nc(C)cn1CCCNC(=S)NCCSCc1ccc(C)o1.CNC. The number of thiocarbonyl (C=S) groups is 1. The predicted molar refractivity (Wildman–Crippen MR) is 124 cm³/mol. The first kappa shape index (κ1) is 24.5. The van der Waals surface area contributed by atoms with Crippen LogP contribution in [0.15, 0.2) is 22.7 Å². The minimum Gasteiger partial charge on any atom is -0.466 e. The van der Waals surface area contributed by atoms with E-state index in [0.29, 0.717) is 0 Å². The van der Waals surface area contributed by atoms with Crippen molar-refractivity contribution in [3.63, 3.8) is 0 Å². The maximum Gasteiger partial charge on any atom is 0.166 e. The molecule has 0 aliphatic rings. The summed E-state index contributed by atoms with van der Waals surface area (Å²) in [6.45, 7) is 8.84. The van der Waals surface area contributed by atoms with E-state index in [2.05, 4.69) is 38.6 Å². The summed E-state index contributed by atoms with van der Waals surface area (Å²) in [6.07, 6.45) is 4.11. The Labute approximate surface area is 179 Å². The van der Waals surface area contributed by atoms with Gasteiger partial charge in [-0.3, -0.25) is 0 Å². The van der Waals surface area contributed by atoms with Crippen LogP contribution in [-0.2, 0) is 18.7 Å². The van der Waals surface area contributed by atoms with Gasteiger partial charge in [0.25, 0.3) is 0 Å². The van der Waals surface area contributed by atoms with E-state index in [1.54, 1.807) is 0 Å². The standard InChI is InChI=1S/C18H28N4OS2.C2H7N/c1-4-17-21-14(2)12-22(17)10-5-8-19-18(24)20-9-11-25-13-16-7-6-15(3)23-16;1-3-2/h6-7,12H,4-5,8-11,13H2,1-3H3,(H2,19,20,24);3H,1-2H3. The van der Waals surface area contributed by atoms with Crippen molar-refractivity contribution in [1.82, 2.24) is 25.5 Å². The summed E-state index contributed by atoms with van der Waals surface area (Å²) in [7, 11) is 3.75. The highest BCUT2D eigenvalue weighted by Gasteiger charge is 2.03. The van der Waals surface area contributed by atoms with E-state index in [-0.39, 0.29) is 0 Å². The number of rotatable bonds is 10. The average molecular weight is 426 g/mol. The Morgan fingerprint density at radius 2 is 1.93 bits per heavy atom. The molecular weight excluding hydrogens is 390 g/mol. The van der Waals surface area contributed by atoms with Gasteiger partial charge in [-0.15, -0.1) is 0 Å². The van der Waals surface area contributed by atoms with Gasteiger partial charge in [0.2, 0.25) is 0 Å². The highest BCUT2D eigenvalue weighted by molar-refractivity contribution is 7.98. The first-order valence-corrected chi connectivity index (χ1v) is 11.3. The van der Waals surface area contributed by atoms with Gasteiger partial charge < -0.3 is 24.9 Å². The van der Waals surface area contributed by atoms with Crippen LogP contribution in [0.25, 0.3) is 0 Å². The summed E-state index contributed by atoms with van der Waals surface area (Å²) < 4.78 is 7.78. The predicted octanol–water partition coefficient (Wildman–Crippen LogP) is 3.28. The van der Waals surface area contributed by atoms with Crippen LogP contribution in [0.4, 0.5) is 0 Å². The number of furan rings is 1. The first-order valence-electron chi connectivity index (χ1n) is 9.76. The zero-order chi connectivity index (χ0) is 20.8. The lowest BCUT2D eigenvalue weighted by Gasteiger charge is -2.11. The number of aromatic nitrogens is 2. The Balaban J connectivity index is 0.00000122. The number of hydrogen-bond donors (Lipinski definition) is 3. The van der Waals surface area contributed by atoms with Gasteiger partial charge in [-0.1, -0.05) is 6.92 Å². The van der Waals surface area contributed by atoms with E-state index in [1.807, 2.05) is 51.8 Å². The molecule has 0 unspecified atom stereocenters. The zero-order valence-electron chi connectivity index (χ0n) is 17.8. The fourth-order valence-electron chi connectivity index (χ4n) is 2.56. The molecule has 0 aromatic carbocycles. The quantitative estimate of drug-likeness (QED) is 0.399. The van der Waals surface area contributed by atoms with Crippen molar-refractivity contribution in [2.75, 3.05) is 32.9 Å². The molecule has 0 atom stereocenters. The van der Waals surface area contributed by atoms with Crippen LogP contribution in [0.5, 0.6) is 0 Å². The van der Waals surface area contributed by atoms with Gasteiger partial charge in [0.05, 0.1) is 11.4 Å². The van der Waals surface area contributed by atoms with E-state index in [9.17, 15) is 0 Å². The van der Waals surface area contributed by atoms with Gasteiger partial charge in [0.15, 0.2) is 5.11 Å². The molecule has 0 radical (unpaired) electrons. The van der Waals surface area contributed by atoms with Crippen molar-refractivity contribution in [2.24, 2.45) is 0 Å². The molecule has 0 aliphatic heterocycles. The van der Waals surface area contributed by atoms with Gasteiger partial charge in [-0.25, -0.2) is 4.98 Å². The first-order chi connectivity index (χ1) is 13.5. The van der Waals surface area contributed by atoms with E-state index >= 15 is 0 Å². The Morgan fingerprint density at radius 1 is 1.21 bits per heavy atom. The molecule has 6 nitrogen and oxygen atoms in total. The number of nitrogens with one attached hydrogen (secondary N) is 3. The molecule has 3 N–H and O–H groups in total. The lowest BCUT2D eigenvalue weighted by molar-refractivity contribution is 0.501. The second-order valence-electron chi connectivity index (χ2n) is 6.45. The third-order valence-corrected chi connectivity index (χ3v) is 5.00. The molecule has 2 aromatic heterocycles. The lowest BCUT2D eigenvalue weighted by Crippen LogP contribution is -2.37. The molecule has 28 heavy (non-hydrogen) atoms. The van der Waals surface area contributed by atoms with Crippen LogP contribution < -0.4 is 16.0 Å². The van der Waals surface area contributed by atoms with Crippen LogP contribution >= 0.6 is 24.0 Å². The van der Waals surface area contributed by atoms with E-state index in [1.165, 1.54) is 0 Å². The number of aryl methyl sites for hydroxylation is 4. The van der Waals surface area contributed by atoms with Crippen molar-refractivity contribution in [3.05, 3.63) is 41.4 Å². The Kier molecular flexibility index (Phi) is 12.7. The third-order valence-electron chi connectivity index (χ3n) is 3.73. The molecule has 0 aliphatic carbocycles. The minimum atomic E-state index is 0.729. The molecule has 0 saturated carbocycles. The maximum atomic E-state index is 5.55. The summed E-state index contributed by atoms with van der Waals surface area (Å²) in [5.41, 5.74) is 1.09. The molecule has 0 amide bonds. The number of thioether (sulfide) groups is 1. The highest BCUT2D eigenvalue weighted by Crippen LogP contribution is 2.14. The summed E-state index contributed by atoms with van der Waals surface area (Å²) in [4.78, 5) is 4.52. The van der Waals surface area contributed by atoms with E-state index in [4.69, 9.17) is 16.6 Å². The normalized spacial score (nSPS) is 10.3. The van der Waals surface area contributed by atoms with Crippen molar-refractivity contribution in [3.8, 4) is 0 Å². The largest absolute Gasteiger partial charge is 0.466 e. The summed E-state index contributed by atoms with van der Waals surface area (Å²) >= 11 is 7.15. The van der Waals surface area contributed by atoms with Gasteiger partial charge in [-0.2, -0.15) is 11.8 Å². The van der Waals surface area contributed by atoms with Crippen LogP contribution in [0.2, 0.25) is 0 Å². The van der Waals surface area contributed by atoms with Gasteiger partial charge >= 0.3 is 0 Å². The molecule has 158 valence electrons. The molecule has 8 heteroatoms. The van der Waals surface area contributed by atoms with Crippen molar-refractivity contribution in [1.29, 1.82) is 0 Å². The van der Waals surface area contributed by atoms with E-state index < -0.39 is 0 Å². The smallest absolute Gasteiger partial charge is 0.166 e. The zero-order valence-corrected chi connectivity index (χ0v) is 19.4. The summed E-state index contributed by atoms with van der Waals surface area (Å²) in [5.74, 6) is 5.05. The number of nitrogens with zero attached hydrogens (tertiary/aromatic N) is 2. The Hall–Kier alpha value is -1.51. The van der Waals surface area contributed by atoms with Gasteiger partial charge in [-0.05, 0) is 58.7 Å². The van der Waals surface area contributed by atoms with Crippen molar-refractivity contribution in [2.45, 2.75) is 45.9 Å². The van der Waals surface area contributed by atoms with Crippen LogP contribution in [0.3, 0.4) is 0 Å². The fraction of sp³-hybridized carbons (Fsp3) is 0.600. The Morgan fingerprint density at radius 3 is 2.57 bits per heavy atom. The van der Waals surface area contributed by atoms with Crippen LogP contribution in [0.1, 0.15) is 36.4 Å². The topological polar surface area (TPSA) is 67.0 Å². The molecule has 0 bridgehead atoms. The van der Waals surface area contributed by atoms with Crippen LogP contribution in [-0.4, -0.2) is 47.6 Å². The molecule has 2 rings (SSSR count). The molecular formula is C20H35N5OS2. The number of imidazole rings is 1. The maximum absolute atomic E-state index is 5.55. The molecule has 2 heterocycles. The summed E-state index contributed by atoms with van der Waals surface area (Å²) in [6, 6.07) is 4.04. The third kappa shape index (κ3) is 10.1. The molecule has 0 fully saturated rings. The second-order valence-corrected chi connectivity index (χ2v) is 7.96. The molecule has 2 aromatic rings. The average Bonchev–Trinajstić information content (AvgIpc) is 3.24. The Bertz CT molecular complexity index is 684. The molecule has 0 saturated heterocycles. The minimum absolute atomic E-state index is 0.729. The van der Waals surface area contributed by atoms with Gasteiger partial charge in [0, 0.05) is 38.0 Å². The lowest BCUT2D eigenvalue weighted by atomic mass is 10.4. The van der Waals surface area contributed by atoms with Crippen LogP contribution in [0, 0.1) is 13.8 Å². The van der Waals surface area contributed by atoms with Crippen molar-refractivity contribution < 1.29 is 4.42 Å². The highest BCUT2D eigenvalue weighted by atomic mass is 32.2.